The fourth-order valence-corrected chi connectivity index (χ4v) is 3.99. The van der Waals surface area contributed by atoms with E-state index in [1.165, 1.54) is 17.0 Å². The van der Waals surface area contributed by atoms with E-state index >= 15 is 8.78 Å². The Hall–Kier alpha value is -2.14. The first-order valence-electron chi connectivity index (χ1n) is 8.74. The normalized spacial score (nSPS) is 18.5. The summed E-state index contributed by atoms with van der Waals surface area (Å²) >= 11 is 1.86. The molecule has 1 unspecified atom stereocenters. The molecule has 1 aliphatic heterocycles. The zero-order chi connectivity index (χ0) is 21.0. The van der Waals surface area contributed by atoms with Crippen LogP contribution in [0.3, 0.4) is 0 Å². The second kappa shape index (κ2) is 7.03. The van der Waals surface area contributed by atoms with Crippen LogP contribution in [0.5, 0.6) is 5.75 Å². The Morgan fingerprint density at radius 2 is 1.75 bits per heavy atom. The van der Waals surface area contributed by atoms with E-state index < -0.39 is 15.2 Å². The number of benzene rings is 2. The summed E-state index contributed by atoms with van der Waals surface area (Å²) in [6.07, 6.45) is 5.43. The van der Waals surface area contributed by atoms with Crippen molar-refractivity contribution in [3.63, 3.8) is 0 Å². The topological polar surface area (TPSA) is 29.5 Å². The van der Waals surface area contributed by atoms with Crippen LogP contribution in [-0.2, 0) is 4.79 Å². The minimum absolute atomic E-state index is 0.00623. The molecule has 0 aromatic heterocycles. The van der Waals surface area contributed by atoms with Crippen LogP contribution < -0.4 is 9.64 Å². The molecule has 2 aromatic rings. The molecule has 3 nitrogen and oxygen atoms in total. The van der Waals surface area contributed by atoms with Gasteiger partial charge >= 0.3 is 0 Å². The van der Waals surface area contributed by atoms with E-state index in [2.05, 4.69) is 5.92 Å². The van der Waals surface area contributed by atoms with Crippen molar-refractivity contribution in [1.29, 1.82) is 0 Å². The Kier molecular flexibility index (Phi) is 5.17. The van der Waals surface area contributed by atoms with E-state index in [4.69, 9.17) is 11.2 Å². The van der Waals surface area contributed by atoms with Crippen LogP contribution in [0, 0.1) is 51.7 Å². The maximum absolute atomic E-state index is 15.1. The fourth-order valence-electron chi connectivity index (χ4n) is 3.46. The Morgan fingerprint density at radius 3 is 2.36 bits per heavy atom. The minimum Gasteiger partial charge on any atom is -0.465 e. The first-order valence-corrected chi connectivity index (χ1v) is 9.82. The number of hydrogen-bond donors (Lipinski definition) is 0. The van der Waals surface area contributed by atoms with Crippen molar-refractivity contribution in [3.8, 4) is 29.2 Å². The molecule has 0 fully saturated rings. The smallest absolute Gasteiger partial charge is 0.282 e. The molecule has 0 bridgehead atoms. The second-order valence-electron chi connectivity index (χ2n) is 7.10. The zero-order valence-corrected chi connectivity index (χ0v) is 18.5. The van der Waals surface area contributed by atoms with Crippen molar-refractivity contribution in [2.75, 3.05) is 11.4 Å². The lowest BCUT2D eigenvalue weighted by Crippen LogP contribution is -2.50. The molecule has 3 rings (SSSR count). The third-order valence-corrected chi connectivity index (χ3v) is 6.08. The van der Waals surface area contributed by atoms with Gasteiger partial charge in [0.2, 0.25) is 3.61 Å². The van der Waals surface area contributed by atoms with Crippen molar-refractivity contribution in [3.05, 3.63) is 46.0 Å². The molecule has 0 saturated carbocycles. The van der Waals surface area contributed by atoms with Crippen molar-refractivity contribution < 1.29 is 18.3 Å². The van der Waals surface area contributed by atoms with Crippen LogP contribution in [0.4, 0.5) is 14.5 Å². The van der Waals surface area contributed by atoms with E-state index in [9.17, 15) is 4.79 Å². The number of rotatable bonds is 2. The summed E-state index contributed by atoms with van der Waals surface area (Å²) in [5.41, 5.74) is 3.48. The Balaban J connectivity index is 2.32. The second-order valence-corrected chi connectivity index (χ2v) is 9.16. The van der Waals surface area contributed by atoms with Gasteiger partial charge < -0.3 is 4.74 Å². The van der Waals surface area contributed by atoms with Crippen LogP contribution in [0.1, 0.15) is 29.2 Å². The van der Waals surface area contributed by atoms with Gasteiger partial charge in [-0.3, -0.25) is 9.69 Å². The first-order chi connectivity index (χ1) is 13.0. The van der Waals surface area contributed by atoms with Gasteiger partial charge in [-0.1, -0.05) is 5.92 Å². The largest absolute Gasteiger partial charge is 0.465 e. The summed E-state index contributed by atoms with van der Waals surface area (Å²) in [7, 11) is 0. The zero-order valence-electron chi connectivity index (χ0n) is 16.3. The predicted octanol–water partition coefficient (Wildman–Crippen LogP) is 5.38. The summed E-state index contributed by atoms with van der Waals surface area (Å²) < 4.78 is 34.7. The molecular weight excluding hydrogens is 475 g/mol. The number of fused-ring (bicyclic) bond motifs is 1. The number of terminal acetylenes is 1. The van der Waals surface area contributed by atoms with Crippen molar-refractivity contribution in [2.24, 2.45) is 0 Å². The van der Waals surface area contributed by atoms with Crippen LogP contribution in [0.15, 0.2) is 12.1 Å². The van der Waals surface area contributed by atoms with Crippen LogP contribution >= 0.6 is 22.6 Å². The van der Waals surface area contributed by atoms with E-state index in [0.717, 1.165) is 11.1 Å². The molecule has 6 heteroatoms. The highest BCUT2D eigenvalue weighted by Gasteiger charge is 2.43. The molecule has 0 saturated heterocycles. The molecule has 1 heterocycles. The molecule has 0 N–H and O–H groups in total. The average Bonchev–Trinajstić information content (AvgIpc) is 2.63. The minimum atomic E-state index is -1.20. The van der Waals surface area contributed by atoms with Gasteiger partial charge in [0.25, 0.3) is 5.91 Å². The third-order valence-electron chi connectivity index (χ3n) is 5.40. The lowest BCUT2D eigenvalue weighted by molar-refractivity contribution is -0.126. The van der Waals surface area contributed by atoms with E-state index in [-0.39, 0.29) is 29.3 Å². The van der Waals surface area contributed by atoms with E-state index in [0.29, 0.717) is 16.8 Å². The number of carbonyl (C=O) groups is 1. The van der Waals surface area contributed by atoms with Gasteiger partial charge in [-0.2, -0.15) is 0 Å². The number of anilines is 1. The van der Waals surface area contributed by atoms with Crippen molar-refractivity contribution in [2.45, 2.75) is 38.2 Å². The number of alkyl halides is 1. The summed E-state index contributed by atoms with van der Waals surface area (Å²) in [5, 5.41) is 0. The molecule has 0 radical (unpaired) electrons. The maximum Gasteiger partial charge on any atom is 0.282 e. The fraction of sp³-hybridized carbons (Fsp3) is 0.318. The lowest BCUT2D eigenvalue weighted by atomic mass is 9.89. The highest BCUT2D eigenvalue weighted by atomic mass is 127. The third kappa shape index (κ3) is 3.06. The number of nitrogens with zero attached hydrogens (tertiary/aromatic N) is 1. The number of halogens is 3. The maximum atomic E-state index is 15.1. The monoisotopic (exact) mass is 495 g/mol. The number of ether oxygens (including phenoxy) is 1. The summed E-state index contributed by atoms with van der Waals surface area (Å²) in [4.78, 5) is 14.1. The molecule has 1 amide bonds. The van der Waals surface area contributed by atoms with Gasteiger partial charge in [-0.05, 0) is 85.5 Å². The molecule has 146 valence electrons. The summed E-state index contributed by atoms with van der Waals surface area (Å²) in [5.74, 6) is 1.22. The SMILES string of the molecule is C#CCN1C(=O)C(C)(I)Oc2cc(F)c(-c3c(C)c(C)c(C)c(C)c3F)cc21. The van der Waals surface area contributed by atoms with Gasteiger partial charge in [0.1, 0.15) is 17.4 Å². The predicted molar refractivity (Wildman–Crippen MR) is 115 cm³/mol. The van der Waals surface area contributed by atoms with Crippen molar-refractivity contribution in [1.82, 2.24) is 0 Å². The van der Waals surface area contributed by atoms with Gasteiger partial charge in [0.05, 0.1) is 12.2 Å². The number of amides is 1. The average molecular weight is 495 g/mol. The Bertz CT molecular complexity index is 1020. The molecule has 1 atom stereocenters. The first kappa shape index (κ1) is 20.6. The standard InChI is InChI=1S/C22H20F2INO2/c1-7-8-26-17-9-15(16(23)10-18(17)28-22(6,25)21(26)27)19-13(4)11(2)12(3)14(5)20(19)24/h1,9-10H,8H2,2-6H3. The van der Waals surface area contributed by atoms with Gasteiger partial charge in [0, 0.05) is 17.2 Å². The van der Waals surface area contributed by atoms with Gasteiger partial charge in [-0.25, -0.2) is 8.78 Å². The molecule has 28 heavy (non-hydrogen) atoms. The van der Waals surface area contributed by atoms with Crippen LogP contribution in [0.2, 0.25) is 0 Å². The summed E-state index contributed by atoms with van der Waals surface area (Å²) in [6, 6.07) is 2.65. The highest BCUT2D eigenvalue weighted by Crippen LogP contribution is 2.45. The molecule has 0 spiro atoms. The molecule has 2 aromatic carbocycles. The highest BCUT2D eigenvalue weighted by molar-refractivity contribution is 14.1. The number of carbonyl (C=O) groups excluding carboxylic acids is 1. The lowest BCUT2D eigenvalue weighted by Gasteiger charge is -2.37. The van der Waals surface area contributed by atoms with E-state index in [1.54, 1.807) is 20.8 Å². The van der Waals surface area contributed by atoms with Crippen LogP contribution in [-0.4, -0.2) is 16.1 Å². The van der Waals surface area contributed by atoms with Crippen molar-refractivity contribution >= 4 is 34.2 Å². The summed E-state index contributed by atoms with van der Waals surface area (Å²) in [6.45, 7) is 8.76. The molecule has 0 aliphatic carbocycles. The Morgan fingerprint density at radius 1 is 1.14 bits per heavy atom. The number of hydrogen-bond acceptors (Lipinski definition) is 2. The van der Waals surface area contributed by atoms with Gasteiger partial charge in [0.15, 0.2) is 0 Å². The molecular formula is C22H20F2INO2. The van der Waals surface area contributed by atoms with E-state index in [1.807, 2.05) is 36.4 Å². The Labute approximate surface area is 177 Å². The van der Waals surface area contributed by atoms with Crippen LogP contribution in [0.25, 0.3) is 11.1 Å². The quantitative estimate of drug-likeness (QED) is 0.319. The molecule has 1 aliphatic rings. The van der Waals surface area contributed by atoms with Gasteiger partial charge in [-0.15, -0.1) is 6.42 Å².